The molecule has 0 saturated carbocycles. The SMILES string of the molecule is CCCC1CCCN(c2nc(CNC(C)(C)C)cs2)CC1. The van der Waals surface area contributed by atoms with Crippen molar-refractivity contribution in [3.05, 3.63) is 11.1 Å². The standard InChI is InChI=1S/C17H31N3S/c1-5-7-14-8-6-10-20(11-9-14)16-19-15(13-21-16)12-18-17(2,3)4/h13-14,18H,5-12H2,1-4H3. The molecule has 0 amide bonds. The molecule has 1 fully saturated rings. The molecule has 0 aromatic carbocycles. The first-order valence-electron chi connectivity index (χ1n) is 8.42. The summed E-state index contributed by atoms with van der Waals surface area (Å²) in [6.07, 6.45) is 6.77. The van der Waals surface area contributed by atoms with E-state index in [2.05, 4.69) is 43.3 Å². The summed E-state index contributed by atoms with van der Waals surface area (Å²) in [5.41, 5.74) is 1.33. The van der Waals surface area contributed by atoms with E-state index in [0.717, 1.165) is 12.5 Å². The van der Waals surface area contributed by atoms with Gasteiger partial charge in [-0.2, -0.15) is 0 Å². The van der Waals surface area contributed by atoms with E-state index in [1.54, 1.807) is 11.3 Å². The van der Waals surface area contributed by atoms with Gasteiger partial charge < -0.3 is 10.2 Å². The molecule has 1 aromatic heterocycles. The summed E-state index contributed by atoms with van der Waals surface area (Å²) < 4.78 is 0. The summed E-state index contributed by atoms with van der Waals surface area (Å²) in [6, 6.07) is 0. The Labute approximate surface area is 134 Å². The van der Waals surface area contributed by atoms with E-state index in [4.69, 9.17) is 4.98 Å². The lowest BCUT2D eigenvalue weighted by Crippen LogP contribution is -2.35. The topological polar surface area (TPSA) is 28.2 Å². The van der Waals surface area contributed by atoms with Crippen molar-refractivity contribution in [1.82, 2.24) is 10.3 Å². The van der Waals surface area contributed by atoms with Crippen LogP contribution < -0.4 is 10.2 Å². The van der Waals surface area contributed by atoms with Crippen LogP contribution in [-0.2, 0) is 6.54 Å². The van der Waals surface area contributed by atoms with Crippen LogP contribution >= 0.6 is 11.3 Å². The number of nitrogens with zero attached hydrogens (tertiary/aromatic N) is 2. The summed E-state index contributed by atoms with van der Waals surface area (Å²) in [5, 5.41) is 6.95. The normalized spacial score (nSPS) is 20.6. The van der Waals surface area contributed by atoms with E-state index < -0.39 is 0 Å². The van der Waals surface area contributed by atoms with Crippen LogP contribution in [0.4, 0.5) is 5.13 Å². The number of aromatic nitrogens is 1. The molecule has 21 heavy (non-hydrogen) atoms. The fourth-order valence-electron chi connectivity index (χ4n) is 2.93. The van der Waals surface area contributed by atoms with Crippen molar-refractivity contribution < 1.29 is 0 Å². The number of thiazole rings is 1. The van der Waals surface area contributed by atoms with Crippen molar-refractivity contribution in [2.75, 3.05) is 18.0 Å². The largest absolute Gasteiger partial charge is 0.348 e. The van der Waals surface area contributed by atoms with Crippen LogP contribution in [0.15, 0.2) is 5.38 Å². The van der Waals surface area contributed by atoms with Crippen LogP contribution in [0.5, 0.6) is 0 Å². The molecule has 0 spiro atoms. The zero-order chi connectivity index (χ0) is 15.3. The van der Waals surface area contributed by atoms with Crippen molar-refractivity contribution in [3.63, 3.8) is 0 Å². The maximum absolute atomic E-state index is 4.83. The van der Waals surface area contributed by atoms with Crippen molar-refractivity contribution in [3.8, 4) is 0 Å². The summed E-state index contributed by atoms with van der Waals surface area (Å²) in [4.78, 5) is 7.33. The second-order valence-corrected chi connectivity index (χ2v) is 8.13. The van der Waals surface area contributed by atoms with Crippen molar-refractivity contribution in [2.24, 2.45) is 5.92 Å². The molecule has 1 aromatic rings. The molecule has 2 heterocycles. The minimum Gasteiger partial charge on any atom is -0.348 e. The fourth-order valence-corrected chi connectivity index (χ4v) is 3.81. The summed E-state index contributed by atoms with van der Waals surface area (Å²) in [6.45, 7) is 12.1. The highest BCUT2D eigenvalue weighted by molar-refractivity contribution is 7.13. The monoisotopic (exact) mass is 309 g/mol. The van der Waals surface area contributed by atoms with Gasteiger partial charge in [0.25, 0.3) is 0 Å². The van der Waals surface area contributed by atoms with Crippen LogP contribution in [0.3, 0.4) is 0 Å². The molecule has 0 radical (unpaired) electrons. The zero-order valence-electron chi connectivity index (χ0n) is 14.1. The second-order valence-electron chi connectivity index (χ2n) is 7.30. The van der Waals surface area contributed by atoms with Gasteiger partial charge in [0.15, 0.2) is 5.13 Å². The number of anilines is 1. The van der Waals surface area contributed by atoms with Gasteiger partial charge in [0.2, 0.25) is 0 Å². The molecule has 1 saturated heterocycles. The Morgan fingerprint density at radius 2 is 2.14 bits per heavy atom. The fraction of sp³-hybridized carbons (Fsp3) is 0.824. The molecule has 2 rings (SSSR count). The van der Waals surface area contributed by atoms with Crippen LogP contribution in [0, 0.1) is 5.92 Å². The predicted molar refractivity (Wildman–Crippen MR) is 93.2 cm³/mol. The van der Waals surface area contributed by atoms with Crippen LogP contribution in [0.2, 0.25) is 0 Å². The highest BCUT2D eigenvalue weighted by atomic mass is 32.1. The Bertz CT molecular complexity index is 422. The Balaban J connectivity index is 1.88. The number of nitrogens with one attached hydrogen (secondary N) is 1. The lowest BCUT2D eigenvalue weighted by Gasteiger charge is -2.20. The Morgan fingerprint density at radius 1 is 1.33 bits per heavy atom. The first kappa shape index (κ1) is 16.8. The van der Waals surface area contributed by atoms with Crippen molar-refractivity contribution in [1.29, 1.82) is 0 Å². The molecule has 120 valence electrons. The molecule has 0 bridgehead atoms. The summed E-state index contributed by atoms with van der Waals surface area (Å²) in [5.74, 6) is 0.932. The van der Waals surface area contributed by atoms with Crippen molar-refractivity contribution >= 4 is 16.5 Å². The summed E-state index contributed by atoms with van der Waals surface area (Å²) in [7, 11) is 0. The van der Waals surface area contributed by atoms with Gasteiger partial charge in [-0.05, 0) is 46.0 Å². The molecule has 1 atom stereocenters. The summed E-state index contributed by atoms with van der Waals surface area (Å²) >= 11 is 1.81. The lowest BCUT2D eigenvalue weighted by atomic mass is 9.96. The third-order valence-corrected chi connectivity index (χ3v) is 5.10. The van der Waals surface area contributed by atoms with E-state index in [-0.39, 0.29) is 5.54 Å². The molecule has 1 N–H and O–H groups in total. The van der Waals surface area contributed by atoms with E-state index in [1.165, 1.54) is 56.0 Å². The van der Waals surface area contributed by atoms with Crippen LogP contribution in [0.1, 0.15) is 65.5 Å². The van der Waals surface area contributed by atoms with Gasteiger partial charge in [-0.25, -0.2) is 4.98 Å². The highest BCUT2D eigenvalue weighted by Crippen LogP contribution is 2.27. The van der Waals surface area contributed by atoms with Crippen LogP contribution in [-0.4, -0.2) is 23.6 Å². The first-order valence-corrected chi connectivity index (χ1v) is 9.30. The van der Waals surface area contributed by atoms with Gasteiger partial charge in [-0.1, -0.05) is 19.8 Å². The second kappa shape index (κ2) is 7.59. The number of rotatable bonds is 5. The third-order valence-electron chi connectivity index (χ3n) is 4.15. The maximum Gasteiger partial charge on any atom is 0.185 e. The smallest absolute Gasteiger partial charge is 0.185 e. The van der Waals surface area contributed by atoms with E-state index in [0.29, 0.717) is 0 Å². The molecule has 1 aliphatic heterocycles. The molecule has 3 nitrogen and oxygen atoms in total. The average Bonchev–Trinajstić information content (AvgIpc) is 2.76. The molecule has 4 heteroatoms. The molecule has 0 aliphatic carbocycles. The Hall–Kier alpha value is -0.610. The van der Waals surface area contributed by atoms with E-state index >= 15 is 0 Å². The predicted octanol–water partition coefficient (Wildman–Crippen LogP) is 4.44. The van der Waals surface area contributed by atoms with Gasteiger partial charge in [0.05, 0.1) is 5.69 Å². The van der Waals surface area contributed by atoms with E-state index in [1.807, 2.05) is 0 Å². The van der Waals surface area contributed by atoms with Crippen LogP contribution in [0.25, 0.3) is 0 Å². The minimum absolute atomic E-state index is 0.153. The molecule has 1 unspecified atom stereocenters. The quantitative estimate of drug-likeness (QED) is 0.871. The first-order chi connectivity index (χ1) is 9.98. The Morgan fingerprint density at radius 3 is 2.86 bits per heavy atom. The number of hydrogen-bond donors (Lipinski definition) is 1. The molecular weight excluding hydrogens is 278 g/mol. The van der Waals surface area contributed by atoms with Crippen molar-refractivity contribution in [2.45, 2.75) is 71.9 Å². The molecular formula is C17H31N3S. The molecule has 1 aliphatic rings. The zero-order valence-corrected chi connectivity index (χ0v) is 14.9. The lowest BCUT2D eigenvalue weighted by molar-refractivity contribution is 0.422. The van der Waals surface area contributed by atoms with Gasteiger partial charge in [-0.15, -0.1) is 11.3 Å². The van der Waals surface area contributed by atoms with Gasteiger partial charge in [0.1, 0.15) is 0 Å². The minimum atomic E-state index is 0.153. The average molecular weight is 310 g/mol. The highest BCUT2D eigenvalue weighted by Gasteiger charge is 2.19. The number of hydrogen-bond acceptors (Lipinski definition) is 4. The Kier molecular flexibility index (Phi) is 6.06. The maximum atomic E-state index is 4.83. The third kappa shape index (κ3) is 5.59. The van der Waals surface area contributed by atoms with Gasteiger partial charge >= 0.3 is 0 Å². The van der Waals surface area contributed by atoms with E-state index in [9.17, 15) is 0 Å². The van der Waals surface area contributed by atoms with Gasteiger partial charge in [0, 0.05) is 30.6 Å². The van der Waals surface area contributed by atoms with Gasteiger partial charge in [-0.3, -0.25) is 0 Å².